The molecule has 0 fully saturated rings. The smallest absolute Gasteiger partial charge is 0.289 e. The molecule has 2 heterocycles. The van der Waals surface area contributed by atoms with Gasteiger partial charge in [0.1, 0.15) is 5.76 Å². The van der Waals surface area contributed by atoms with E-state index in [1.54, 1.807) is 29.4 Å². The summed E-state index contributed by atoms with van der Waals surface area (Å²) in [4.78, 5) is 18.1. The molecule has 1 amide bonds. The third kappa shape index (κ3) is 3.93. The summed E-state index contributed by atoms with van der Waals surface area (Å²) in [6.07, 6.45) is 4.43. The Morgan fingerprint density at radius 3 is 2.90 bits per heavy atom. The van der Waals surface area contributed by atoms with Crippen LogP contribution in [0.2, 0.25) is 0 Å². The molecule has 5 heteroatoms. The van der Waals surface area contributed by atoms with Crippen molar-refractivity contribution in [2.45, 2.75) is 26.3 Å². The second-order valence-electron chi connectivity index (χ2n) is 4.62. The van der Waals surface area contributed by atoms with E-state index in [0.29, 0.717) is 18.8 Å². The SMILES string of the molecule is CCc1ccc(C(=O)N(CCC#N)Cc2cccnc2)o1. The number of nitrogens with zero attached hydrogens (tertiary/aromatic N) is 3. The lowest BCUT2D eigenvalue weighted by atomic mass is 10.2. The van der Waals surface area contributed by atoms with E-state index in [-0.39, 0.29) is 12.3 Å². The minimum Gasteiger partial charge on any atom is -0.456 e. The normalized spacial score (nSPS) is 10.1. The maximum atomic E-state index is 12.5. The fraction of sp³-hybridized carbons (Fsp3) is 0.312. The van der Waals surface area contributed by atoms with Crippen LogP contribution in [-0.4, -0.2) is 22.3 Å². The first-order valence-electron chi connectivity index (χ1n) is 6.88. The zero-order valence-corrected chi connectivity index (χ0v) is 12.0. The second kappa shape index (κ2) is 7.25. The first-order valence-corrected chi connectivity index (χ1v) is 6.88. The number of hydrogen-bond donors (Lipinski definition) is 0. The van der Waals surface area contributed by atoms with Crippen LogP contribution in [0.15, 0.2) is 41.1 Å². The molecule has 2 aromatic rings. The number of aryl methyl sites for hydroxylation is 1. The molecule has 2 aromatic heterocycles. The molecule has 5 nitrogen and oxygen atoms in total. The summed E-state index contributed by atoms with van der Waals surface area (Å²) in [5.74, 6) is 0.891. The Labute approximate surface area is 123 Å². The van der Waals surface area contributed by atoms with Crippen LogP contribution in [0.1, 0.15) is 35.2 Å². The van der Waals surface area contributed by atoms with Crippen LogP contribution in [0, 0.1) is 11.3 Å². The highest BCUT2D eigenvalue weighted by molar-refractivity contribution is 5.91. The zero-order valence-electron chi connectivity index (χ0n) is 12.0. The molecule has 0 saturated heterocycles. The Hall–Kier alpha value is -2.61. The van der Waals surface area contributed by atoms with Crippen LogP contribution in [-0.2, 0) is 13.0 Å². The van der Waals surface area contributed by atoms with Gasteiger partial charge in [-0.25, -0.2) is 0 Å². The summed E-state index contributed by atoms with van der Waals surface area (Å²) < 4.78 is 5.50. The molecular weight excluding hydrogens is 266 g/mol. The third-order valence-corrected chi connectivity index (χ3v) is 3.10. The van der Waals surface area contributed by atoms with Crippen molar-refractivity contribution >= 4 is 5.91 Å². The Morgan fingerprint density at radius 2 is 2.29 bits per heavy atom. The number of furan rings is 1. The number of carbonyl (C=O) groups excluding carboxylic acids is 1. The van der Waals surface area contributed by atoms with Gasteiger partial charge in [0, 0.05) is 31.9 Å². The molecular formula is C16H17N3O2. The van der Waals surface area contributed by atoms with Crippen LogP contribution >= 0.6 is 0 Å². The number of rotatable bonds is 6. The Kier molecular flexibility index (Phi) is 5.10. The minimum atomic E-state index is -0.200. The second-order valence-corrected chi connectivity index (χ2v) is 4.62. The average molecular weight is 283 g/mol. The van der Waals surface area contributed by atoms with Crippen molar-refractivity contribution in [3.63, 3.8) is 0 Å². The Balaban J connectivity index is 2.15. The van der Waals surface area contributed by atoms with Gasteiger partial charge >= 0.3 is 0 Å². The van der Waals surface area contributed by atoms with E-state index >= 15 is 0 Å². The fourth-order valence-electron chi connectivity index (χ4n) is 1.99. The molecule has 0 saturated carbocycles. The van der Waals surface area contributed by atoms with Gasteiger partial charge in [-0.1, -0.05) is 13.0 Å². The van der Waals surface area contributed by atoms with Gasteiger partial charge in [0.25, 0.3) is 5.91 Å². The number of nitriles is 1. The van der Waals surface area contributed by atoms with E-state index in [2.05, 4.69) is 11.1 Å². The minimum absolute atomic E-state index is 0.200. The molecule has 0 spiro atoms. The standard InChI is InChI=1S/C16H17N3O2/c1-2-14-6-7-15(21-14)16(20)19(10-4-8-17)12-13-5-3-9-18-11-13/h3,5-7,9,11H,2,4,10,12H2,1H3. The van der Waals surface area contributed by atoms with Crippen molar-refractivity contribution in [2.75, 3.05) is 6.54 Å². The van der Waals surface area contributed by atoms with Crippen molar-refractivity contribution in [3.05, 3.63) is 53.7 Å². The van der Waals surface area contributed by atoms with Gasteiger partial charge in [0.05, 0.1) is 12.5 Å². The average Bonchev–Trinajstić information content (AvgIpc) is 3.00. The number of carbonyl (C=O) groups is 1. The van der Waals surface area contributed by atoms with Gasteiger partial charge < -0.3 is 9.32 Å². The molecule has 0 aliphatic carbocycles. The van der Waals surface area contributed by atoms with Crippen molar-refractivity contribution in [3.8, 4) is 6.07 Å². The lowest BCUT2D eigenvalue weighted by molar-refractivity contribution is 0.0712. The summed E-state index contributed by atoms with van der Waals surface area (Å²) in [7, 11) is 0. The molecule has 21 heavy (non-hydrogen) atoms. The van der Waals surface area contributed by atoms with Gasteiger partial charge in [-0.05, 0) is 23.8 Å². The van der Waals surface area contributed by atoms with E-state index in [4.69, 9.17) is 9.68 Å². The van der Waals surface area contributed by atoms with Gasteiger partial charge in [-0.3, -0.25) is 9.78 Å². The quantitative estimate of drug-likeness (QED) is 0.817. The highest BCUT2D eigenvalue weighted by Crippen LogP contribution is 2.14. The zero-order chi connectivity index (χ0) is 15.1. The van der Waals surface area contributed by atoms with Crippen LogP contribution in [0.4, 0.5) is 0 Å². The molecule has 0 aliphatic rings. The van der Waals surface area contributed by atoms with E-state index in [9.17, 15) is 4.79 Å². The first-order chi connectivity index (χ1) is 10.2. The van der Waals surface area contributed by atoms with Crippen molar-refractivity contribution < 1.29 is 9.21 Å². The Bertz CT molecular complexity index is 628. The summed E-state index contributed by atoms with van der Waals surface area (Å²) in [5, 5.41) is 8.75. The molecule has 0 aromatic carbocycles. The van der Waals surface area contributed by atoms with Gasteiger partial charge in [0.15, 0.2) is 5.76 Å². The van der Waals surface area contributed by atoms with E-state index in [1.807, 2.05) is 19.1 Å². The largest absolute Gasteiger partial charge is 0.456 e. The molecule has 0 atom stereocenters. The van der Waals surface area contributed by atoms with Crippen LogP contribution < -0.4 is 0 Å². The first kappa shape index (κ1) is 14.8. The monoisotopic (exact) mass is 283 g/mol. The lowest BCUT2D eigenvalue weighted by Gasteiger charge is -2.20. The van der Waals surface area contributed by atoms with Gasteiger partial charge in [-0.2, -0.15) is 5.26 Å². The summed E-state index contributed by atoms with van der Waals surface area (Å²) >= 11 is 0. The van der Waals surface area contributed by atoms with E-state index < -0.39 is 0 Å². The summed E-state index contributed by atoms with van der Waals surface area (Å²) in [6.45, 7) is 2.75. The highest BCUT2D eigenvalue weighted by Gasteiger charge is 2.19. The van der Waals surface area contributed by atoms with Crippen LogP contribution in [0.25, 0.3) is 0 Å². The summed E-state index contributed by atoms with van der Waals surface area (Å²) in [5.41, 5.74) is 0.922. The van der Waals surface area contributed by atoms with Crippen molar-refractivity contribution in [1.82, 2.24) is 9.88 Å². The van der Waals surface area contributed by atoms with Gasteiger partial charge in [-0.15, -0.1) is 0 Å². The molecule has 2 rings (SSSR count). The van der Waals surface area contributed by atoms with Crippen molar-refractivity contribution in [1.29, 1.82) is 5.26 Å². The molecule has 0 bridgehead atoms. The topological polar surface area (TPSA) is 70.1 Å². The van der Waals surface area contributed by atoms with Gasteiger partial charge in [0.2, 0.25) is 0 Å². The van der Waals surface area contributed by atoms with Crippen LogP contribution in [0.3, 0.4) is 0 Å². The number of amides is 1. The Morgan fingerprint density at radius 1 is 1.43 bits per heavy atom. The van der Waals surface area contributed by atoms with E-state index in [0.717, 1.165) is 17.7 Å². The van der Waals surface area contributed by atoms with E-state index in [1.165, 1.54) is 0 Å². The third-order valence-electron chi connectivity index (χ3n) is 3.10. The molecule has 0 radical (unpaired) electrons. The number of hydrogen-bond acceptors (Lipinski definition) is 4. The molecule has 108 valence electrons. The highest BCUT2D eigenvalue weighted by atomic mass is 16.4. The van der Waals surface area contributed by atoms with Crippen LogP contribution in [0.5, 0.6) is 0 Å². The molecule has 0 unspecified atom stereocenters. The predicted molar refractivity (Wildman–Crippen MR) is 77.3 cm³/mol. The predicted octanol–water partition coefficient (Wildman–Crippen LogP) is 2.79. The number of pyridine rings is 1. The fourth-order valence-corrected chi connectivity index (χ4v) is 1.99. The summed E-state index contributed by atoms with van der Waals surface area (Å²) in [6, 6.07) is 9.28. The number of aromatic nitrogens is 1. The lowest BCUT2D eigenvalue weighted by Crippen LogP contribution is -2.31. The molecule has 0 N–H and O–H groups in total. The van der Waals surface area contributed by atoms with Crippen molar-refractivity contribution in [2.24, 2.45) is 0 Å². The maximum Gasteiger partial charge on any atom is 0.289 e. The maximum absolute atomic E-state index is 12.5. The molecule has 0 aliphatic heterocycles.